The summed E-state index contributed by atoms with van der Waals surface area (Å²) < 4.78 is 14.3. The Hall–Kier alpha value is -3.67. The molecule has 49 heavy (non-hydrogen) atoms. The number of pyridine rings is 1. The highest BCUT2D eigenvalue weighted by Crippen LogP contribution is 2.57. The molecule has 3 aliphatic carbocycles. The molecule has 4 fully saturated rings. The van der Waals surface area contributed by atoms with Crippen molar-refractivity contribution in [2.75, 3.05) is 46.4 Å². The molecule has 1 aromatic carbocycles. The van der Waals surface area contributed by atoms with Crippen molar-refractivity contribution in [3.63, 3.8) is 0 Å². The van der Waals surface area contributed by atoms with E-state index >= 15 is 0 Å². The Morgan fingerprint density at radius 1 is 1.06 bits per heavy atom. The number of fused-ring (bicyclic) bond motifs is 1. The minimum atomic E-state index is -0.929. The van der Waals surface area contributed by atoms with Crippen molar-refractivity contribution in [2.45, 2.75) is 95.3 Å². The summed E-state index contributed by atoms with van der Waals surface area (Å²) in [6.07, 6.45) is 10.00. The number of hydrogen-bond acceptors (Lipinski definition) is 8. The van der Waals surface area contributed by atoms with Crippen LogP contribution in [-0.4, -0.2) is 100 Å². The van der Waals surface area contributed by atoms with E-state index in [-0.39, 0.29) is 36.5 Å². The maximum Gasteiger partial charge on any atom is 0.252 e. The molecule has 1 saturated heterocycles. The fraction of sp³-hybridized carbons (Fsp3) is 0.605. The molecule has 1 aliphatic heterocycles. The number of aliphatic hydroxyl groups is 1. The summed E-state index contributed by atoms with van der Waals surface area (Å²) in [6.45, 7) is 9.20. The van der Waals surface area contributed by atoms with Gasteiger partial charge in [-0.3, -0.25) is 9.59 Å². The molecule has 0 radical (unpaired) electrons. The molecule has 3 aromatic rings. The maximum absolute atomic E-state index is 13.1. The Labute approximate surface area is 289 Å². The van der Waals surface area contributed by atoms with Crippen molar-refractivity contribution in [3.8, 4) is 11.5 Å². The van der Waals surface area contributed by atoms with Crippen LogP contribution in [0.2, 0.25) is 0 Å². The predicted molar refractivity (Wildman–Crippen MR) is 187 cm³/mol. The normalized spacial score (nSPS) is 24.4. The fourth-order valence-corrected chi connectivity index (χ4v) is 7.99. The zero-order chi connectivity index (χ0) is 34.3. The first-order valence-corrected chi connectivity index (χ1v) is 18.1. The van der Waals surface area contributed by atoms with E-state index < -0.39 is 11.5 Å². The second kappa shape index (κ2) is 13.6. The lowest BCUT2D eigenvalue weighted by molar-refractivity contribution is -0.126. The second-order valence-corrected chi connectivity index (χ2v) is 15.9. The van der Waals surface area contributed by atoms with Gasteiger partial charge < -0.3 is 35.4 Å². The molecule has 4 N–H and O–H groups in total. The molecule has 3 saturated carbocycles. The van der Waals surface area contributed by atoms with Gasteiger partial charge in [-0.25, -0.2) is 4.52 Å². The summed E-state index contributed by atoms with van der Waals surface area (Å²) >= 11 is 0. The summed E-state index contributed by atoms with van der Waals surface area (Å²) in [5.74, 6) is 1.27. The Bertz CT molecular complexity index is 1670. The van der Waals surface area contributed by atoms with Gasteiger partial charge in [-0.1, -0.05) is 6.07 Å². The summed E-state index contributed by atoms with van der Waals surface area (Å²) in [6, 6.07) is 9.89. The zero-order valence-corrected chi connectivity index (χ0v) is 29.2. The van der Waals surface area contributed by atoms with E-state index in [0.717, 1.165) is 107 Å². The van der Waals surface area contributed by atoms with E-state index in [2.05, 4.69) is 27.3 Å². The van der Waals surface area contributed by atoms with Gasteiger partial charge in [0.1, 0.15) is 18.1 Å². The van der Waals surface area contributed by atoms with Gasteiger partial charge in [0.2, 0.25) is 5.91 Å². The van der Waals surface area contributed by atoms with E-state index in [9.17, 15) is 14.7 Å². The van der Waals surface area contributed by atoms with E-state index in [1.807, 2.05) is 34.8 Å². The molecular weight excluding hydrogens is 620 g/mol. The monoisotopic (exact) mass is 672 g/mol. The number of piperazine rings is 1. The van der Waals surface area contributed by atoms with Crippen molar-refractivity contribution in [1.82, 2.24) is 24.7 Å². The van der Waals surface area contributed by atoms with Gasteiger partial charge in [0.05, 0.1) is 41.1 Å². The van der Waals surface area contributed by atoms with Gasteiger partial charge in [0.15, 0.2) is 0 Å². The summed E-state index contributed by atoms with van der Waals surface area (Å²) in [5.41, 5.74) is 9.42. The first kappa shape index (κ1) is 33.8. The lowest BCUT2D eigenvalue weighted by atomic mass is 9.53. The quantitative estimate of drug-likeness (QED) is 0.236. The minimum Gasteiger partial charge on any atom is -0.490 e. The smallest absolute Gasteiger partial charge is 0.252 e. The number of aromatic nitrogens is 2. The van der Waals surface area contributed by atoms with E-state index in [4.69, 9.17) is 15.2 Å². The summed E-state index contributed by atoms with van der Waals surface area (Å²) in [5, 5.41) is 18.0. The van der Waals surface area contributed by atoms with Crippen molar-refractivity contribution in [2.24, 2.45) is 11.1 Å². The third kappa shape index (κ3) is 7.89. The maximum atomic E-state index is 13.1. The Kier molecular flexibility index (Phi) is 9.36. The predicted octanol–water partition coefficient (Wildman–Crippen LogP) is 3.69. The third-order valence-corrected chi connectivity index (χ3v) is 10.8. The van der Waals surface area contributed by atoms with Crippen LogP contribution >= 0.6 is 0 Å². The highest BCUT2D eigenvalue weighted by molar-refractivity contribution is 5.95. The van der Waals surface area contributed by atoms with Crippen LogP contribution in [0.5, 0.6) is 11.5 Å². The van der Waals surface area contributed by atoms with Crippen molar-refractivity contribution >= 4 is 17.3 Å². The number of primary amides is 1. The number of ether oxygens (including phenoxy) is 2. The first-order valence-electron chi connectivity index (χ1n) is 18.1. The standard InChI is InChI=1S/C38H52N6O5/c1-37(2,47)24-48-32-11-10-31-27(23-40-44(31)35(32)26-7-8-26)18-34(45)41-28-19-38(20-28)21-29(22-38)49-33-17-25(6-9-30(33)36(39)46)5-4-12-43-15-13-42(3)14-16-43/h6,9-11,17,23,26,28-29,47H,4-5,7-8,12-16,18-22,24H2,1-3H3,(H2,39,46)(H,41,45). The second-order valence-electron chi connectivity index (χ2n) is 15.9. The van der Waals surface area contributed by atoms with Gasteiger partial charge in [-0.05, 0) is 114 Å². The van der Waals surface area contributed by atoms with E-state index in [1.165, 1.54) is 5.56 Å². The molecule has 264 valence electrons. The molecule has 3 heterocycles. The molecular formula is C38H52N6O5. The molecule has 0 bridgehead atoms. The number of nitrogens with zero attached hydrogens (tertiary/aromatic N) is 4. The van der Waals surface area contributed by atoms with Crippen molar-refractivity contribution in [3.05, 3.63) is 58.9 Å². The van der Waals surface area contributed by atoms with E-state index in [0.29, 0.717) is 17.2 Å². The first-order chi connectivity index (χ1) is 23.4. The molecule has 4 aliphatic rings. The highest BCUT2D eigenvalue weighted by atomic mass is 16.5. The highest BCUT2D eigenvalue weighted by Gasteiger charge is 2.54. The minimum absolute atomic E-state index is 0.00717. The van der Waals surface area contributed by atoms with Gasteiger partial charge >= 0.3 is 0 Å². The zero-order valence-electron chi connectivity index (χ0n) is 29.2. The number of amides is 2. The van der Waals surface area contributed by atoms with Crippen LogP contribution in [0.3, 0.4) is 0 Å². The lowest BCUT2D eigenvalue weighted by Crippen LogP contribution is -2.59. The number of likely N-dealkylation sites (N-methyl/N-ethyl adjacent to an activating group) is 1. The fourth-order valence-electron chi connectivity index (χ4n) is 7.99. The summed E-state index contributed by atoms with van der Waals surface area (Å²) in [4.78, 5) is 30.2. The molecule has 11 heteroatoms. The molecule has 2 aromatic heterocycles. The van der Waals surface area contributed by atoms with Gasteiger partial charge in [0.25, 0.3) is 5.91 Å². The average Bonchev–Trinajstić information content (AvgIpc) is 3.78. The number of nitrogens with two attached hydrogens (primary N) is 1. The van der Waals surface area contributed by atoms with Gasteiger partial charge in [-0.2, -0.15) is 5.10 Å². The Morgan fingerprint density at radius 2 is 1.82 bits per heavy atom. The lowest BCUT2D eigenvalue weighted by Gasteiger charge is -2.57. The van der Waals surface area contributed by atoms with Crippen molar-refractivity contribution in [1.29, 1.82) is 0 Å². The van der Waals surface area contributed by atoms with Crippen LogP contribution in [0.4, 0.5) is 0 Å². The average molecular weight is 673 g/mol. The molecule has 11 nitrogen and oxygen atoms in total. The number of nitrogens with one attached hydrogen (secondary N) is 1. The molecule has 7 rings (SSSR count). The number of benzene rings is 1. The number of aryl methyl sites for hydroxylation is 1. The van der Waals surface area contributed by atoms with Gasteiger partial charge in [-0.15, -0.1) is 0 Å². The van der Waals surface area contributed by atoms with Crippen molar-refractivity contribution < 1.29 is 24.2 Å². The summed E-state index contributed by atoms with van der Waals surface area (Å²) in [7, 11) is 2.18. The van der Waals surface area contributed by atoms with Crippen LogP contribution in [0, 0.1) is 5.41 Å². The van der Waals surface area contributed by atoms with Crippen LogP contribution in [0.15, 0.2) is 36.5 Å². The number of carbonyl (C=O) groups is 2. The molecule has 2 amide bonds. The van der Waals surface area contributed by atoms with Crippen LogP contribution in [-0.2, 0) is 17.6 Å². The van der Waals surface area contributed by atoms with Crippen LogP contribution < -0.4 is 20.5 Å². The molecule has 0 unspecified atom stereocenters. The Balaban J connectivity index is 0.886. The Morgan fingerprint density at radius 3 is 2.51 bits per heavy atom. The topological polar surface area (TPSA) is 135 Å². The van der Waals surface area contributed by atoms with Crippen LogP contribution in [0.25, 0.3) is 5.52 Å². The molecule has 0 atom stereocenters. The number of hydrogen-bond donors (Lipinski definition) is 3. The van der Waals surface area contributed by atoms with E-state index in [1.54, 1.807) is 20.0 Å². The largest absolute Gasteiger partial charge is 0.490 e. The third-order valence-electron chi connectivity index (χ3n) is 10.8. The van der Waals surface area contributed by atoms with Gasteiger partial charge in [0, 0.05) is 43.7 Å². The SMILES string of the molecule is CN1CCN(CCCc2ccc(C(N)=O)c(OC3CC4(CC(NC(=O)Cc5cnn6c(C7CC7)c(OCC(C)(C)O)ccc56)C4)C3)c2)CC1. The molecule has 1 spiro atoms. The van der Waals surface area contributed by atoms with Crippen LogP contribution in [0.1, 0.15) is 91.9 Å². The number of rotatable bonds is 14. The number of carbonyl (C=O) groups excluding carboxylic acids is 2.